The lowest BCUT2D eigenvalue weighted by Crippen LogP contribution is -2.08. The van der Waals surface area contributed by atoms with Gasteiger partial charge in [0.05, 0.1) is 26.4 Å². The lowest BCUT2D eigenvalue weighted by Gasteiger charge is -2.07. The fourth-order valence-corrected chi connectivity index (χ4v) is 3.29. The van der Waals surface area contributed by atoms with Crippen molar-refractivity contribution in [3.63, 3.8) is 0 Å². The second-order valence-electron chi connectivity index (χ2n) is 3.37. The third-order valence-corrected chi connectivity index (χ3v) is 4.80. The first-order valence-electron chi connectivity index (χ1n) is 5.16. The van der Waals surface area contributed by atoms with Gasteiger partial charge in [-0.3, -0.25) is 4.21 Å². The lowest BCUT2D eigenvalue weighted by atomic mass is 10.3. The van der Waals surface area contributed by atoms with Crippen LogP contribution in [-0.2, 0) is 10.8 Å². The van der Waals surface area contributed by atoms with Crippen molar-refractivity contribution in [3.05, 3.63) is 41.8 Å². The molecule has 1 unspecified atom stereocenters. The van der Waals surface area contributed by atoms with E-state index >= 15 is 0 Å². The summed E-state index contributed by atoms with van der Waals surface area (Å²) in [6, 6.07) is 11.1. The number of rotatable bonds is 5. The number of nitrogens with two attached hydrogens (primary N) is 1. The monoisotopic (exact) mass is 267 g/mol. The van der Waals surface area contributed by atoms with Gasteiger partial charge in [0.15, 0.2) is 0 Å². The van der Waals surface area contributed by atoms with Crippen LogP contribution in [0.4, 0.5) is 5.69 Å². The Bertz CT molecular complexity index is 497. The SMILES string of the molecule is Nc1ccccc1OCCS(=O)c1cccs1. The summed E-state index contributed by atoms with van der Waals surface area (Å²) in [5.41, 5.74) is 6.34. The highest BCUT2D eigenvalue weighted by Crippen LogP contribution is 2.20. The minimum absolute atomic E-state index is 0.402. The highest BCUT2D eigenvalue weighted by Gasteiger charge is 2.05. The molecule has 0 aliphatic heterocycles. The van der Waals surface area contributed by atoms with Crippen LogP contribution < -0.4 is 10.5 Å². The average molecular weight is 267 g/mol. The summed E-state index contributed by atoms with van der Waals surface area (Å²) in [6.45, 7) is 0.402. The fraction of sp³-hybridized carbons (Fsp3) is 0.167. The molecule has 2 rings (SSSR count). The molecule has 0 aliphatic carbocycles. The molecule has 1 heterocycles. The number of para-hydroxylation sites is 2. The molecule has 17 heavy (non-hydrogen) atoms. The second kappa shape index (κ2) is 5.84. The maximum absolute atomic E-state index is 11.8. The van der Waals surface area contributed by atoms with Gasteiger partial charge in [-0.1, -0.05) is 18.2 Å². The number of benzene rings is 1. The van der Waals surface area contributed by atoms with Gasteiger partial charge < -0.3 is 10.5 Å². The number of hydrogen-bond acceptors (Lipinski definition) is 4. The van der Waals surface area contributed by atoms with Gasteiger partial charge in [0.25, 0.3) is 0 Å². The van der Waals surface area contributed by atoms with E-state index in [2.05, 4.69) is 0 Å². The zero-order valence-corrected chi connectivity index (χ0v) is 10.8. The summed E-state index contributed by atoms with van der Waals surface area (Å²) in [6.07, 6.45) is 0. The Labute approximate surface area is 107 Å². The highest BCUT2D eigenvalue weighted by atomic mass is 32.2. The van der Waals surface area contributed by atoms with Crippen molar-refractivity contribution in [3.8, 4) is 5.75 Å². The quantitative estimate of drug-likeness (QED) is 0.847. The first kappa shape index (κ1) is 12.1. The van der Waals surface area contributed by atoms with Crippen LogP contribution in [0.15, 0.2) is 46.0 Å². The van der Waals surface area contributed by atoms with Crippen LogP contribution >= 0.6 is 11.3 Å². The van der Waals surface area contributed by atoms with Crippen molar-refractivity contribution < 1.29 is 8.95 Å². The van der Waals surface area contributed by atoms with E-state index in [4.69, 9.17) is 10.5 Å². The van der Waals surface area contributed by atoms with Gasteiger partial charge in [-0.2, -0.15) is 0 Å². The molecular formula is C12H13NO2S2. The molecule has 1 aromatic carbocycles. The van der Waals surface area contributed by atoms with E-state index in [1.807, 2.05) is 35.7 Å². The standard InChI is InChI=1S/C12H13NO2S2/c13-10-4-1-2-5-11(10)15-7-9-17(14)12-6-3-8-16-12/h1-6,8H,7,9,13H2. The van der Waals surface area contributed by atoms with E-state index < -0.39 is 10.8 Å². The zero-order chi connectivity index (χ0) is 12.1. The topological polar surface area (TPSA) is 52.3 Å². The highest BCUT2D eigenvalue weighted by molar-refractivity contribution is 7.87. The van der Waals surface area contributed by atoms with Crippen molar-refractivity contribution in [1.82, 2.24) is 0 Å². The second-order valence-corrected chi connectivity index (χ2v) is 6.11. The molecule has 3 nitrogen and oxygen atoms in total. The predicted molar refractivity (Wildman–Crippen MR) is 71.9 cm³/mol. The number of thiophene rings is 1. The maximum Gasteiger partial charge on any atom is 0.142 e. The predicted octanol–water partition coefficient (Wildman–Crippen LogP) is 2.52. The molecule has 0 spiro atoms. The van der Waals surface area contributed by atoms with Gasteiger partial charge in [-0.15, -0.1) is 11.3 Å². The van der Waals surface area contributed by atoms with Gasteiger partial charge in [0.1, 0.15) is 12.4 Å². The van der Waals surface area contributed by atoms with E-state index in [-0.39, 0.29) is 0 Å². The van der Waals surface area contributed by atoms with Gasteiger partial charge in [0.2, 0.25) is 0 Å². The van der Waals surface area contributed by atoms with Gasteiger partial charge in [-0.05, 0) is 23.6 Å². The van der Waals surface area contributed by atoms with Crippen LogP contribution in [0, 0.1) is 0 Å². The molecule has 0 radical (unpaired) electrons. The van der Waals surface area contributed by atoms with Crippen LogP contribution in [0.2, 0.25) is 0 Å². The Morgan fingerprint density at radius 3 is 2.76 bits per heavy atom. The molecule has 0 amide bonds. The molecule has 0 saturated heterocycles. The summed E-state index contributed by atoms with van der Waals surface area (Å²) < 4.78 is 18.2. The van der Waals surface area contributed by atoms with Crippen LogP contribution in [0.1, 0.15) is 0 Å². The van der Waals surface area contributed by atoms with Crippen molar-refractivity contribution in [1.29, 1.82) is 0 Å². The van der Waals surface area contributed by atoms with E-state index in [0.29, 0.717) is 23.8 Å². The average Bonchev–Trinajstić information content (AvgIpc) is 2.85. The zero-order valence-electron chi connectivity index (χ0n) is 9.17. The molecule has 90 valence electrons. The molecule has 5 heteroatoms. The first-order chi connectivity index (χ1) is 8.27. The van der Waals surface area contributed by atoms with E-state index in [1.165, 1.54) is 11.3 Å². The summed E-state index contributed by atoms with van der Waals surface area (Å²) in [5.74, 6) is 1.13. The van der Waals surface area contributed by atoms with Gasteiger partial charge in [-0.25, -0.2) is 0 Å². The van der Waals surface area contributed by atoms with E-state index in [9.17, 15) is 4.21 Å². The van der Waals surface area contributed by atoms with Crippen molar-refractivity contribution in [2.75, 3.05) is 18.1 Å². The lowest BCUT2D eigenvalue weighted by molar-refractivity contribution is 0.344. The third kappa shape index (κ3) is 3.31. The van der Waals surface area contributed by atoms with Gasteiger partial charge >= 0.3 is 0 Å². The molecule has 0 saturated carbocycles. The van der Waals surface area contributed by atoms with Crippen LogP contribution in [0.3, 0.4) is 0 Å². The smallest absolute Gasteiger partial charge is 0.142 e. The Hall–Kier alpha value is -1.33. The van der Waals surface area contributed by atoms with Gasteiger partial charge in [0, 0.05) is 0 Å². The van der Waals surface area contributed by atoms with Crippen molar-refractivity contribution in [2.24, 2.45) is 0 Å². The van der Waals surface area contributed by atoms with Crippen molar-refractivity contribution >= 4 is 27.8 Å². The summed E-state index contributed by atoms with van der Waals surface area (Å²) >= 11 is 1.50. The Balaban J connectivity index is 1.84. The largest absolute Gasteiger partial charge is 0.490 e. The Kier molecular flexibility index (Phi) is 4.17. The summed E-state index contributed by atoms with van der Waals surface area (Å²) in [4.78, 5) is 0. The summed E-state index contributed by atoms with van der Waals surface area (Å²) in [7, 11) is -0.980. The molecular weight excluding hydrogens is 254 g/mol. The molecule has 0 aliphatic rings. The third-order valence-electron chi connectivity index (χ3n) is 2.16. The van der Waals surface area contributed by atoms with Crippen LogP contribution in [0.25, 0.3) is 0 Å². The van der Waals surface area contributed by atoms with E-state index in [1.54, 1.807) is 6.07 Å². The molecule has 2 aromatic rings. The maximum atomic E-state index is 11.8. The molecule has 1 aromatic heterocycles. The minimum Gasteiger partial charge on any atom is -0.490 e. The molecule has 0 fully saturated rings. The number of nitrogen functional groups attached to an aromatic ring is 1. The van der Waals surface area contributed by atoms with Crippen LogP contribution in [-0.4, -0.2) is 16.6 Å². The normalized spacial score (nSPS) is 12.2. The van der Waals surface area contributed by atoms with Crippen LogP contribution in [0.5, 0.6) is 5.75 Å². The van der Waals surface area contributed by atoms with Crippen molar-refractivity contribution in [2.45, 2.75) is 4.21 Å². The minimum atomic E-state index is -0.980. The number of ether oxygens (including phenoxy) is 1. The Morgan fingerprint density at radius 2 is 2.06 bits per heavy atom. The molecule has 0 bridgehead atoms. The van der Waals surface area contributed by atoms with E-state index in [0.717, 1.165) is 4.21 Å². The number of anilines is 1. The fourth-order valence-electron chi connectivity index (χ4n) is 1.33. The molecule has 2 N–H and O–H groups in total. The first-order valence-corrected chi connectivity index (χ1v) is 7.36. The summed E-state index contributed by atoms with van der Waals surface area (Å²) in [5, 5.41) is 1.92. The Morgan fingerprint density at radius 1 is 1.24 bits per heavy atom. The number of hydrogen-bond donors (Lipinski definition) is 1. The molecule has 1 atom stereocenters.